The first-order valence-electron chi connectivity index (χ1n) is 27.2. The first-order chi connectivity index (χ1) is 35.5. The van der Waals surface area contributed by atoms with Crippen molar-refractivity contribution in [1.29, 1.82) is 0 Å². The highest BCUT2D eigenvalue weighted by atomic mass is 16.7. The highest BCUT2D eigenvalue weighted by Gasteiger charge is 2.46. The summed E-state index contributed by atoms with van der Waals surface area (Å²) < 4.78 is 43.6. The van der Waals surface area contributed by atoms with Gasteiger partial charge in [0.05, 0.1) is 55.2 Å². The van der Waals surface area contributed by atoms with Gasteiger partial charge in [-0.15, -0.1) is 0 Å². The summed E-state index contributed by atoms with van der Waals surface area (Å²) in [6, 6.07) is -1.41. The van der Waals surface area contributed by atoms with Crippen molar-refractivity contribution in [3.8, 4) is 0 Å². The molecule has 4 heterocycles. The Morgan fingerprint density at radius 1 is 0.421 bits per heavy atom. The van der Waals surface area contributed by atoms with Crippen LogP contribution in [0.3, 0.4) is 0 Å². The van der Waals surface area contributed by atoms with Gasteiger partial charge in [0, 0.05) is 54.4 Å². The molecule has 4 amide bonds. The fourth-order valence-electron chi connectivity index (χ4n) is 9.75. The molecule has 0 aromatic heterocycles. The third kappa shape index (κ3) is 22.5. The molecule has 12 unspecified atom stereocenters. The Morgan fingerprint density at radius 2 is 0.737 bits per heavy atom. The lowest BCUT2D eigenvalue weighted by Crippen LogP contribution is -2.58. The van der Waals surface area contributed by atoms with Gasteiger partial charge < -0.3 is 69.4 Å². The van der Waals surface area contributed by atoms with Gasteiger partial charge in [0.25, 0.3) is 0 Å². The van der Waals surface area contributed by atoms with Crippen LogP contribution >= 0.6 is 0 Å². The lowest BCUT2D eigenvalue weighted by molar-refractivity contribution is -0.239. The zero-order valence-electron chi connectivity index (χ0n) is 48.6. The van der Waals surface area contributed by atoms with Gasteiger partial charge in [-0.25, -0.2) is 0 Å². The van der Waals surface area contributed by atoms with E-state index in [2.05, 4.69) is 49.0 Å². The maximum atomic E-state index is 11.7. The Balaban J connectivity index is 0.000000512. The van der Waals surface area contributed by atoms with Crippen LogP contribution in [0.5, 0.6) is 0 Å². The molecule has 22 nitrogen and oxygen atoms in total. The van der Waals surface area contributed by atoms with Crippen LogP contribution in [0.1, 0.15) is 163 Å². The van der Waals surface area contributed by atoms with Crippen molar-refractivity contribution >= 4 is 47.5 Å². The standard InChI is InChI=1S/C16H27NO6.C15H27NO4.C12H21NO5.C11H21NO3/c1-6-7-14(20)21-8-13-9(2)10(3)15(17-11(4)18)16(23-13)22-12(5)19;1-6-8-13(18)20-15-14(16-11(5)17)10(4)9(3)12(7-2)19-15;1-6-7(2)11(13-8(3)15)12(17-9(4)16)18-10(6)5-14;1-5-9-6(2)7(3)10(11(14)15-9)12-8(4)13/h9-10,13,15-16H,6-8H2,1-5H3,(H,17,18);9-10,12,14-15H,6-8H2,1-5H3,(H,16,17);6-7,10-12,14H,5H2,1-4H3,(H,13,15);6-7,9-11,14H,5H2,1-4H3,(H,12,13)/t9-,10-,13?,15?,16?;9-,10-,12?,14?,15?;6-,7-,10?,11?,12?;6-,7-,9?,10?,11?/m0000/s1. The molecule has 0 spiro atoms. The van der Waals surface area contributed by atoms with Crippen molar-refractivity contribution < 1.29 is 86.5 Å². The van der Waals surface area contributed by atoms with Gasteiger partial charge in [-0.1, -0.05) is 83.1 Å². The molecule has 76 heavy (non-hydrogen) atoms. The summed E-state index contributed by atoms with van der Waals surface area (Å²) in [6.45, 7) is 32.3. The van der Waals surface area contributed by atoms with E-state index in [-0.39, 0.29) is 115 Å². The summed E-state index contributed by atoms with van der Waals surface area (Å²) in [5, 5.41) is 30.1. The molecule has 440 valence electrons. The summed E-state index contributed by atoms with van der Waals surface area (Å²) in [5.41, 5.74) is 0. The number of hydrogen-bond acceptors (Lipinski definition) is 18. The third-order valence-corrected chi connectivity index (χ3v) is 14.9. The number of amides is 4. The van der Waals surface area contributed by atoms with E-state index >= 15 is 0 Å². The van der Waals surface area contributed by atoms with Crippen LogP contribution < -0.4 is 21.3 Å². The van der Waals surface area contributed by atoms with Gasteiger partial charge >= 0.3 is 23.9 Å². The molecule has 22 heteroatoms. The van der Waals surface area contributed by atoms with Crippen molar-refractivity contribution in [2.24, 2.45) is 47.3 Å². The van der Waals surface area contributed by atoms with Crippen LogP contribution in [-0.2, 0) is 76.3 Å². The van der Waals surface area contributed by atoms with Gasteiger partial charge in [0.15, 0.2) is 6.29 Å². The number of rotatable bonds is 16. The largest absolute Gasteiger partial charge is 0.463 e. The first-order valence-corrected chi connectivity index (χ1v) is 27.2. The van der Waals surface area contributed by atoms with Gasteiger partial charge in [0.2, 0.25) is 42.5 Å². The second-order valence-electron chi connectivity index (χ2n) is 20.9. The maximum absolute atomic E-state index is 11.7. The Kier molecular flexibility index (Phi) is 31.5. The number of hydrogen-bond donors (Lipinski definition) is 6. The number of aliphatic hydroxyl groups is 2. The van der Waals surface area contributed by atoms with E-state index in [9.17, 15) is 48.6 Å². The molecular weight excluding hydrogens is 993 g/mol. The molecule has 20 atom stereocenters. The molecule has 4 aliphatic heterocycles. The molecule has 0 radical (unpaired) electrons. The van der Waals surface area contributed by atoms with E-state index in [1.165, 1.54) is 41.5 Å². The number of ether oxygens (including phenoxy) is 8. The Morgan fingerprint density at radius 3 is 1.11 bits per heavy atom. The minimum atomic E-state index is -0.891. The Labute approximate surface area is 451 Å². The van der Waals surface area contributed by atoms with Crippen LogP contribution in [0.2, 0.25) is 0 Å². The quantitative estimate of drug-likeness (QED) is 0.0911. The number of aliphatic hydroxyl groups excluding tert-OH is 2. The number of carbonyl (C=O) groups excluding carboxylic acids is 8. The van der Waals surface area contributed by atoms with Crippen molar-refractivity contribution in [1.82, 2.24) is 21.3 Å². The Hall–Kier alpha value is -4.48. The average molecular weight is 1090 g/mol. The maximum Gasteiger partial charge on any atom is 0.308 e. The first kappa shape index (κ1) is 69.5. The molecule has 4 aliphatic rings. The minimum Gasteiger partial charge on any atom is -0.463 e. The summed E-state index contributed by atoms with van der Waals surface area (Å²) in [7, 11) is 0. The predicted molar refractivity (Wildman–Crippen MR) is 279 cm³/mol. The molecule has 4 rings (SSSR count). The van der Waals surface area contributed by atoms with Gasteiger partial charge in [-0.2, -0.15) is 0 Å². The van der Waals surface area contributed by atoms with Crippen LogP contribution in [-0.4, -0.2) is 145 Å². The Bertz CT molecular complexity index is 1840. The molecule has 4 fully saturated rings. The molecule has 0 saturated carbocycles. The van der Waals surface area contributed by atoms with Gasteiger partial charge in [-0.05, 0) is 73.0 Å². The molecule has 4 saturated heterocycles. The molecule has 6 N–H and O–H groups in total. The van der Waals surface area contributed by atoms with Gasteiger partial charge in [0.1, 0.15) is 6.61 Å². The molecule has 0 bridgehead atoms. The van der Waals surface area contributed by atoms with Crippen LogP contribution in [0, 0.1) is 47.3 Å². The SMILES string of the molecule is CC(=O)NC1C(OC(C)=O)OC(CO)[C@@H](C)[C@@H]1C.CCC1OC(O)C(NC(C)=O)[C@@H](C)[C@@H]1C.CCCC(=O)OC1OC(CC)[C@@H](C)[C@H](C)C1NC(C)=O.CCCC(=O)OCC1OC(OC(C)=O)C(NC(C)=O)[C@@H](C)[C@@H]1C. The second-order valence-corrected chi connectivity index (χ2v) is 20.9. The van der Waals surface area contributed by atoms with E-state index in [0.717, 1.165) is 25.7 Å². The van der Waals surface area contributed by atoms with Crippen molar-refractivity contribution in [3.63, 3.8) is 0 Å². The van der Waals surface area contributed by atoms with E-state index in [4.69, 9.17) is 37.9 Å². The van der Waals surface area contributed by atoms with E-state index in [0.29, 0.717) is 24.7 Å². The highest BCUT2D eigenvalue weighted by molar-refractivity contribution is 5.75. The number of nitrogens with one attached hydrogen (secondary N) is 4. The second kappa shape index (κ2) is 34.4. The summed E-state index contributed by atoms with van der Waals surface area (Å²) in [5.74, 6) is -1.04. The van der Waals surface area contributed by atoms with Crippen LogP contribution in [0.25, 0.3) is 0 Å². The highest BCUT2D eigenvalue weighted by Crippen LogP contribution is 2.35. The van der Waals surface area contributed by atoms with Crippen LogP contribution in [0.15, 0.2) is 0 Å². The smallest absolute Gasteiger partial charge is 0.308 e. The lowest BCUT2D eigenvalue weighted by atomic mass is 9.81. The fraction of sp³-hybridized carbons (Fsp3) is 0.852. The van der Waals surface area contributed by atoms with Crippen molar-refractivity contribution in [2.45, 2.75) is 237 Å². The summed E-state index contributed by atoms with van der Waals surface area (Å²) in [4.78, 5) is 90.5. The fourth-order valence-corrected chi connectivity index (χ4v) is 9.75. The predicted octanol–water partition coefficient (Wildman–Crippen LogP) is 4.57. The third-order valence-electron chi connectivity index (χ3n) is 14.9. The molecule has 0 aromatic rings. The van der Waals surface area contributed by atoms with Crippen molar-refractivity contribution in [2.75, 3.05) is 13.2 Å². The van der Waals surface area contributed by atoms with E-state index in [1.54, 1.807) is 0 Å². The molecule has 0 aromatic carbocycles. The monoisotopic (exact) mass is 1090 g/mol. The number of carbonyl (C=O) groups is 8. The van der Waals surface area contributed by atoms with Crippen LogP contribution in [0.4, 0.5) is 0 Å². The lowest BCUT2D eigenvalue weighted by Gasteiger charge is -2.44. The molecule has 0 aliphatic carbocycles. The minimum absolute atomic E-state index is 0.00752. The zero-order chi connectivity index (χ0) is 58.3. The summed E-state index contributed by atoms with van der Waals surface area (Å²) >= 11 is 0. The molecular formula is C54H96N4O18. The van der Waals surface area contributed by atoms with Crippen molar-refractivity contribution in [3.05, 3.63) is 0 Å². The average Bonchev–Trinajstić information content (AvgIpc) is 3.33. The normalized spacial score (nSPS) is 34.7. The topological polar surface area (TPSA) is 299 Å². The van der Waals surface area contributed by atoms with Gasteiger partial charge in [-0.3, -0.25) is 38.4 Å². The zero-order valence-corrected chi connectivity index (χ0v) is 48.6. The van der Waals surface area contributed by atoms with E-state index in [1.807, 2.05) is 55.4 Å². The summed E-state index contributed by atoms with van der Waals surface area (Å²) in [6.07, 6.45) is -0.0342. The van der Waals surface area contributed by atoms with E-state index < -0.39 is 55.3 Å². The number of esters is 4.